The molecule has 0 bridgehead atoms. The lowest BCUT2D eigenvalue weighted by Gasteiger charge is -2.21. The summed E-state index contributed by atoms with van der Waals surface area (Å²) in [6, 6.07) is 1.91. The zero-order valence-corrected chi connectivity index (χ0v) is 16.4. The van der Waals surface area contributed by atoms with Crippen molar-refractivity contribution in [1.82, 2.24) is 5.32 Å². The average Bonchev–Trinajstić information content (AvgIpc) is 2.27. The van der Waals surface area contributed by atoms with Crippen LogP contribution in [0.15, 0.2) is 6.07 Å². The largest absolute Gasteiger partial charge is 0.355 e. The summed E-state index contributed by atoms with van der Waals surface area (Å²) in [5.74, 6) is -0.201. The van der Waals surface area contributed by atoms with E-state index in [-0.39, 0.29) is 11.8 Å². The van der Waals surface area contributed by atoms with Crippen LogP contribution >= 0.6 is 67.8 Å². The van der Waals surface area contributed by atoms with Gasteiger partial charge >= 0.3 is 0 Å². The lowest BCUT2D eigenvalue weighted by molar-refractivity contribution is -0.116. The van der Waals surface area contributed by atoms with E-state index >= 15 is 0 Å². The number of carbonyl (C=O) groups is 2. The lowest BCUT2D eigenvalue weighted by atomic mass is 10.1. The van der Waals surface area contributed by atoms with E-state index in [4.69, 9.17) is 0 Å². The normalized spacial score (nSPS) is 10.1. The maximum Gasteiger partial charge on any atom is 0.253 e. The van der Waals surface area contributed by atoms with Gasteiger partial charge in [0.1, 0.15) is 0 Å². The summed E-state index contributed by atoms with van der Waals surface area (Å²) in [6.07, 6.45) is 0. The molecular formula is C11H11I3N2O2. The van der Waals surface area contributed by atoms with E-state index in [1.165, 1.54) is 6.92 Å². The summed E-state index contributed by atoms with van der Waals surface area (Å²) >= 11 is 6.43. The van der Waals surface area contributed by atoms with Gasteiger partial charge in [0, 0.05) is 28.2 Å². The van der Waals surface area contributed by atoms with Crippen molar-refractivity contribution in [2.75, 3.05) is 19.0 Å². The van der Waals surface area contributed by atoms with E-state index in [0.29, 0.717) is 5.56 Å². The molecule has 1 aromatic rings. The highest BCUT2D eigenvalue weighted by Gasteiger charge is 2.22. The molecule has 98 valence electrons. The SMILES string of the molecule is CNC(=O)c1c(I)cc(I)c(N(C)C(C)=O)c1I. The van der Waals surface area contributed by atoms with Crippen LogP contribution in [-0.4, -0.2) is 25.9 Å². The molecule has 0 aliphatic heterocycles. The fourth-order valence-corrected chi connectivity index (χ4v) is 5.96. The lowest BCUT2D eigenvalue weighted by Crippen LogP contribution is -2.27. The highest BCUT2D eigenvalue weighted by Crippen LogP contribution is 2.33. The Morgan fingerprint density at radius 1 is 1.22 bits per heavy atom. The zero-order valence-electron chi connectivity index (χ0n) is 9.97. The number of halogens is 3. The molecule has 0 unspecified atom stereocenters. The minimum absolute atomic E-state index is 0.0603. The summed E-state index contributed by atoms with van der Waals surface area (Å²) in [5.41, 5.74) is 1.39. The van der Waals surface area contributed by atoms with Crippen molar-refractivity contribution in [3.8, 4) is 0 Å². The molecule has 0 saturated heterocycles. The van der Waals surface area contributed by atoms with Gasteiger partial charge < -0.3 is 10.2 Å². The van der Waals surface area contributed by atoms with Gasteiger partial charge in [-0.05, 0) is 73.8 Å². The maximum atomic E-state index is 11.9. The molecule has 1 aromatic carbocycles. The number of hydrogen-bond donors (Lipinski definition) is 1. The second-order valence-corrected chi connectivity index (χ2v) is 6.94. The number of rotatable bonds is 2. The van der Waals surface area contributed by atoms with E-state index in [1.807, 2.05) is 6.07 Å². The van der Waals surface area contributed by atoms with Crippen LogP contribution in [0.2, 0.25) is 0 Å². The Labute approximate surface area is 147 Å². The summed E-state index contributed by atoms with van der Waals surface area (Å²) in [6.45, 7) is 1.50. The molecule has 0 saturated carbocycles. The van der Waals surface area contributed by atoms with Crippen LogP contribution in [0.25, 0.3) is 0 Å². The first-order chi connectivity index (χ1) is 8.31. The molecule has 0 fully saturated rings. The highest BCUT2D eigenvalue weighted by atomic mass is 127. The molecule has 0 aliphatic carbocycles. The van der Waals surface area contributed by atoms with Crippen molar-refractivity contribution in [1.29, 1.82) is 0 Å². The van der Waals surface area contributed by atoms with E-state index in [2.05, 4.69) is 73.1 Å². The van der Waals surface area contributed by atoms with Gasteiger partial charge in [-0.25, -0.2) is 0 Å². The van der Waals surface area contributed by atoms with Crippen LogP contribution in [0.3, 0.4) is 0 Å². The van der Waals surface area contributed by atoms with Gasteiger partial charge in [-0.2, -0.15) is 0 Å². The molecule has 4 nitrogen and oxygen atoms in total. The monoisotopic (exact) mass is 584 g/mol. The number of nitrogens with zero attached hydrogens (tertiary/aromatic N) is 1. The van der Waals surface area contributed by atoms with Crippen molar-refractivity contribution in [2.45, 2.75) is 6.92 Å². The Bertz CT molecular complexity index is 518. The molecule has 7 heteroatoms. The van der Waals surface area contributed by atoms with Gasteiger partial charge in [0.15, 0.2) is 0 Å². The highest BCUT2D eigenvalue weighted by molar-refractivity contribution is 14.1. The fourth-order valence-electron chi connectivity index (χ4n) is 1.38. The van der Waals surface area contributed by atoms with E-state index in [0.717, 1.165) is 16.4 Å². The number of hydrogen-bond acceptors (Lipinski definition) is 2. The quantitative estimate of drug-likeness (QED) is 0.545. The van der Waals surface area contributed by atoms with Gasteiger partial charge in [-0.1, -0.05) is 0 Å². The third-order valence-corrected chi connectivity index (χ3v) is 5.13. The molecule has 1 rings (SSSR count). The number of carbonyl (C=O) groups excluding carboxylic acids is 2. The number of benzene rings is 1. The predicted molar refractivity (Wildman–Crippen MR) is 97.1 cm³/mol. The van der Waals surface area contributed by atoms with Crippen molar-refractivity contribution < 1.29 is 9.59 Å². The van der Waals surface area contributed by atoms with Crippen LogP contribution in [0.1, 0.15) is 17.3 Å². The Morgan fingerprint density at radius 2 is 1.78 bits per heavy atom. The third kappa shape index (κ3) is 3.26. The second kappa shape index (κ2) is 6.68. The minimum Gasteiger partial charge on any atom is -0.355 e. The molecule has 18 heavy (non-hydrogen) atoms. The molecule has 0 radical (unpaired) electrons. The summed E-state index contributed by atoms with van der Waals surface area (Å²) < 4.78 is 2.62. The second-order valence-electron chi connectivity index (χ2n) is 3.53. The summed E-state index contributed by atoms with van der Waals surface area (Å²) in [5, 5.41) is 2.62. The van der Waals surface area contributed by atoms with Gasteiger partial charge in [-0.15, -0.1) is 0 Å². The Hall–Kier alpha value is 0.350. The number of amides is 2. The van der Waals surface area contributed by atoms with E-state index in [9.17, 15) is 9.59 Å². The molecule has 0 aromatic heterocycles. The minimum atomic E-state index is -0.140. The molecule has 2 amide bonds. The first-order valence-corrected chi connectivity index (χ1v) is 8.18. The van der Waals surface area contributed by atoms with Crippen LogP contribution in [0.4, 0.5) is 5.69 Å². The summed E-state index contributed by atoms with van der Waals surface area (Å²) in [4.78, 5) is 24.9. The van der Waals surface area contributed by atoms with E-state index in [1.54, 1.807) is 19.0 Å². The smallest absolute Gasteiger partial charge is 0.253 e. The molecule has 0 aliphatic rings. The molecule has 0 atom stereocenters. The van der Waals surface area contributed by atoms with Crippen molar-refractivity contribution in [2.24, 2.45) is 0 Å². The van der Waals surface area contributed by atoms with Gasteiger partial charge in [0.2, 0.25) is 5.91 Å². The summed E-state index contributed by atoms with van der Waals surface area (Å²) in [7, 11) is 3.31. The van der Waals surface area contributed by atoms with Crippen LogP contribution in [-0.2, 0) is 4.79 Å². The Morgan fingerprint density at radius 3 is 2.22 bits per heavy atom. The van der Waals surface area contributed by atoms with E-state index < -0.39 is 0 Å². The topological polar surface area (TPSA) is 49.4 Å². The number of nitrogens with one attached hydrogen (secondary N) is 1. The Balaban J connectivity index is 3.54. The van der Waals surface area contributed by atoms with Crippen molar-refractivity contribution in [3.05, 3.63) is 22.3 Å². The standard InChI is InChI=1S/C11H11I3N2O2/c1-5(17)16(3)10-7(13)4-6(12)8(9(10)14)11(18)15-2/h4H,1-3H3,(H,15,18). The first kappa shape index (κ1) is 16.4. The zero-order chi connectivity index (χ0) is 14.0. The predicted octanol–water partition coefficient (Wildman–Crippen LogP) is 2.84. The maximum absolute atomic E-state index is 11.9. The van der Waals surface area contributed by atoms with Crippen LogP contribution < -0.4 is 10.2 Å². The van der Waals surface area contributed by atoms with Gasteiger partial charge in [0.05, 0.1) is 14.8 Å². The Kier molecular flexibility index (Phi) is 6.09. The molecule has 0 heterocycles. The fraction of sp³-hybridized carbons (Fsp3) is 0.273. The van der Waals surface area contributed by atoms with Crippen molar-refractivity contribution >= 4 is 85.3 Å². The molecule has 0 spiro atoms. The first-order valence-electron chi connectivity index (χ1n) is 4.95. The molecular weight excluding hydrogens is 573 g/mol. The van der Waals surface area contributed by atoms with Crippen LogP contribution in [0, 0.1) is 10.7 Å². The van der Waals surface area contributed by atoms with Gasteiger partial charge in [-0.3, -0.25) is 9.59 Å². The molecule has 1 N–H and O–H groups in total. The van der Waals surface area contributed by atoms with Gasteiger partial charge in [0.25, 0.3) is 5.91 Å². The van der Waals surface area contributed by atoms with Crippen molar-refractivity contribution in [3.63, 3.8) is 0 Å². The number of anilines is 1. The average molecular weight is 584 g/mol. The van der Waals surface area contributed by atoms with Crippen LogP contribution in [0.5, 0.6) is 0 Å². The third-order valence-electron chi connectivity index (χ3n) is 2.41.